The highest BCUT2D eigenvalue weighted by Crippen LogP contribution is 2.28. The molecular weight excluding hydrogens is 454 g/mol. The molecule has 0 unspecified atom stereocenters. The van der Waals surface area contributed by atoms with Gasteiger partial charge in [0.2, 0.25) is 0 Å². The Labute approximate surface area is 202 Å². The number of rotatable bonds is 4. The molecule has 3 rings (SSSR count). The number of sulfonamides is 1. The van der Waals surface area contributed by atoms with Gasteiger partial charge in [-0.2, -0.15) is 0 Å². The number of hydrogen-bond acceptors (Lipinski definition) is 6. The number of fused-ring (bicyclic) bond motifs is 1. The second-order valence-corrected chi connectivity index (χ2v) is 10.8. The van der Waals surface area contributed by atoms with Gasteiger partial charge in [-0.25, -0.2) is 8.42 Å². The van der Waals surface area contributed by atoms with Crippen LogP contribution in [-0.2, 0) is 14.8 Å². The second-order valence-electron chi connectivity index (χ2n) is 9.12. The van der Waals surface area contributed by atoms with Crippen molar-refractivity contribution in [3.05, 3.63) is 53.6 Å². The summed E-state index contributed by atoms with van der Waals surface area (Å²) in [5, 5.41) is 0. The first-order chi connectivity index (χ1) is 16.0. The Morgan fingerprint density at radius 1 is 1.09 bits per heavy atom. The SMILES string of the molecule is CO[C@H]1CN(C)C(=O)c2cc(NS(=O)(=O)c3ccccc3C)ccc2OC[C@@H](C)N(C)C[C@@H]1C. The number of ether oxygens (including phenoxy) is 2. The lowest BCUT2D eigenvalue weighted by Crippen LogP contribution is -2.45. The van der Waals surface area contributed by atoms with E-state index in [1.807, 2.05) is 7.05 Å². The van der Waals surface area contributed by atoms with Gasteiger partial charge in [-0.1, -0.05) is 25.1 Å². The molecule has 1 amide bonds. The maximum absolute atomic E-state index is 13.4. The van der Waals surface area contributed by atoms with E-state index in [-0.39, 0.29) is 28.9 Å². The topological polar surface area (TPSA) is 88.2 Å². The van der Waals surface area contributed by atoms with Gasteiger partial charge in [0.25, 0.3) is 15.9 Å². The Hall–Kier alpha value is -2.62. The molecule has 0 spiro atoms. The van der Waals surface area contributed by atoms with E-state index >= 15 is 0 Å². The lowest BCUT2D eigenvalue weighted by atomic mass is 10.0. The third-order valence-corrected chi connectivity index (χ3v) is 7.93. The molecule has 9 heteroatoms. The van der Waals surface area contributed by atoms with Crippen LogP contribution in [0.3, 0.4) is 0 Å². The molecule has 1 N–H and O–H groups in total. The van der Waals surface area contributed by atoms with E-state index in [1.165, 1.54) is 6.07 Å². The first kappa shape index (κ1) is 26.0. The third kappa shape index (κ3) is 5.89. The van der Waals surface area contributed by atoms with Crippen LogP contribution >= 0.6 is 0 Å². The molecule has 186 valence electrons. The molecule has 1 aliphatic heterocycles. The van der Waals surface area contributed by atoms with Crippen molar-refractivity contribution in [2.75, 3.05) is 45.6 Å². The van der Waals surface area contributed by atoms with Crippen LogP contribution in [0.25, 0.3) is 0 Å². The highest BCUT2D eigenvalue weighted by molar-refractivity contribution is 7.92. The zero-order chi connectivity index (χ0) is 25.0. The lowest BCUT2D eigenvalue weighted by Gasteiger charge is -2.34. The van der Waals surface area contributed by atoms with Crippen LogP contribution in [-0.4, -0.2) is 77.2 Å². The van der Waals surface area contributed by atoms with Gasteiger partial charge in [0.05, 0.1) is 16.6 Å². The average Bonchev–Trinajstić information content (AvgIpc) is 2.79. The average molecular weight is 490 g/mol. The molecule has 0 radical (unpaired) electrons. The van der Waals surface area contributed by atoms with E-state index in [0.717, 1.165) is 6.54 Å². The van der Waals surface area contributed by atoms with Crippen molar-refractivity contribution < 1.29 is 22.7 Å². The van der Waals surface area contributed by atoms with Crippen molar-refractivity contribution in [3.8, 4) is 5.75 Å². The summed E-state index contributed by atoms with van der Waals surface area (Å²) in [5.74, 6) is 0.347. The molecule has 0 fully saturated rings. The molecule has 0 aliphatic carbocycles. The van der Waals surface area contributed by atoms with Crippen LogP contribution in [0.1, 0.15) is 29.8 Å². The first-order valence-electron chi connectivity index (χ1n) is 11.4. The van der Waals surface area contributed by atoms with Gasteiger partial charge in [0.15, 0.2) is 0 Å². The van der Waals surface area contributed by atoms with Crippen LogP contribution < -0.4 is 9.46 Å². The fraction of sp³-hybridized carbons (Fsp3) is 0.480. The fourth-order valence-corrected chi connectivity index (χ4v) is 5.39. The number of amides is 1. The van der Waals surface area contributed by atoms with Crippen molar-refractivity contribution in [1.82, 2.24) is 9.80 Å². The van der Waals surface area contributed by atoms with Gasteiger partial charge in [-0.3, -0.25) is 14.4 Å². The Balaban J connectivity index is 1.97. The highest BCUT2D eigenvalue weighted by Gasteiger charge is 2.27. The molecule has 1 heterocycles. The lowest BCUT2D eigenvalue weighted by molar-refractivity contribution is 0.0150. The van der Waals surface area contributed by atoms with Gasteiger partial charge in [-0.15, -0.1) is 0 Å². The van der Waals surface area contributed by atoms with Crippen LogP contribution in [0.2, 0.25) is 0 Å². The zero-order valence-corrected chi connectivity index (χ0v) is 21.6. The standard InChI is InChI=1S/C25H35N3O5S/c1-17-9-7-8-10-24(17)34(30,31)26-20-11-12-22-21(13-20)25(29)28(5)15-23(32-6)18(2)14-27(4)19(3)16-33-22/h7-13,18-19,23,26H,14-16H2,1-6H3/t18-,19+,23-/m0/s1. The predicted octanol–water partition coefficient (Wildman–Crippen LogP) is 3.23. The molecule has 0 aromatic heterocycles. The normalized spacial score (nSPS) is 22.8. The number of likely N-dealkylation sites (N-methyl/N-ethyl adjacent to an activating group) is 2. The van der Waals surface area contributed by atoms with Crippen LogP contribution in [0, 0.1) is 12.8 Å². The molecule has 0 saturated heterocycles. The zero-order valence-electron chi connectivity index (χ0n) is 20.7. The number of benzene rings is 2. The number of nitrogens with zero attached hydrogens (tertiary/aromatic N) is 2. The van der Waals surface area contributed by atoms with Gasteiger partial charge in [-0.05, 0) is 56.6 Å². The minimum absolute atomic E-state index is 0.110. The maximum atomic E-state index is 13.4. The number of carbonyl (C=O) groups excluding carboxylic acids is 1. The molecule has 34 heavy (non-hydrogen) atoms. The summed E-state index contributed by atoms with van der Waals surface area (Å²) in [6, 6.07) is 11.7. The summed E-state index contributed by atoms with van der Waals surface area (Å²) >= 11 is 0. The monoisotopic (exact) mass is 489 g/mol. The molecule has 0 saturated carbocycles. The van der Waals surface area contributed by atoms with Crippen LogP contribution in [0.5, 0.6) is 5.75 Å². The molecule has 1 aliphatic rings. The van der Waals surface area contributed by atoms with E-state index in [0.29, 0.717) is 35.7 Å². The Kier molecular flexibility index (Phi) is 8.22. The van der Waals surface area contributed by atoms with E-state index in [9.17, 15) is 13.2 Å². The molecule has 3 atom stereocenters. The summed E-state index contributed by atoms with van der Waals surface area (Å²) in [7, 11) is 1.60. The number of aryl methyl sites for hydroxylation is 1. The minimum atomic E-state index is -3.82. The number of nitrogens with one attached hydrogen (secondary N) is 1. The van der Waals surface area contributed by atoms with Crippen molar-refractivity contribution in [3.63, 3.8) is 0 Å². The summed E-state index contributed by atoms with van der Waals surface area (Å²) < 4.78 is 40.3. The van der Waals surface area contributed by atoms with Crippen molar-refractivity contribution >= 4 is 21.6 Å². The largest absolute Gasteiger partial charge is 0.491 e. The van der Waals surface area contributed by atoms with Gasteiger partial charge < -0.3 is 14.4 Å². The summed E-state index contributed by atoms with van der Waals surface area (Å²) in [6.07, 6.45) is -0.143. The second kappa shape index (κ2) is 10.8. The predicted molar refractivity (Wildman–Crippen MR) is 133 cm³/mol. The van der Waals surface area contributed by atoms with Crippen molar-refractivity contribution in [1.29, 1.82) is 0 Å². The van der Waals surface area contributed by atoms with Crippen molar-refractivity contribution in [2.24, 2.45) is 5.92 Å². The van der Waals surface area contributed by atoms with E-state index in [4.69, 9.17) is 9.47 Å². The third-order valence-electron chi connectivity index (χ3n) is 6.39. The van der Waals surface area contributed by atoms with Gasteiger partial charge in [0.1, 0.15) is 12.4 Å². The first-order valence-corrected chi connectivity index (χ1v) is 12.9. The summed E-state index contributed by atoms with van der Waals surface area (Å²) in [5.41, 5.74) is 1.23. The Morgan fingerprint density at radius 2 is 1.79 bits per heavy atom. The van der Waals surface area contributed by atoms with Crippen LogP contribution in [0.4, 0.5) is 5.69 Å². The number of carbonyl (C=O) groups is 1. The minimum Gasteiger partial charge on any atom is -0.491 e. The molecule has 8 nitrogen and oxygen atoms in total. The Morgan fingerprint density at radius 3 is 2.47 bits per heavy atom. The van der Waals surface area contributed by atoms with Gasteiger partial charge in [0, 0.05) is 39.0 Å². The quantitative estimate of drug-likeness (QED) is 0.710. The van der Waals surface area contributed by atoms with E-state index < -0.39 is 10.0 Å². The van der Waals surface area contributed by atoms with Crippen LogP contribution in [0.15, 0.2) is 47.4 Å². The van der Waals surface area contributed by atoms with E-state index in [1.54, 1.807) is 62.4 Å². The molecule has 2 aromatic carbocycles. The summed E-state index contributed by atoms with van der Waals surface area (Å²) in [6.45, 7) is 7.51. The number of methoxy groups -OCH3 is 1. The number of hydrogen-bond donors (Lipinski definition) is 1. The van der Waals surface area contributed by atoms with Gasteiger partial charge >= 0.3 is 0 Å². The van der Waals surface area contributed by atoms with E-state index in [2.05, 4.69) is 23.5 Å². The highest BCUT2D eigenvalue weighted by atomic mass is 32.2. The number of anilines is 1. The Bertz CT molecular complexity index is 1120. The van der Waals surface area contributed by atoms with Crippen molar-refractivity contribution in [2.45, 2.75) is 37.8 Å². The summed E-state index contributed by atoms with van der Waals surface area (Å²) in [4.78, 5) is 17.4. The fourth-order valence-electron chi connectivity index (χ4n) is 4.09. The molecule has 2 aromatic rings. The molecule has 0 bridgehead atoms. The smallest absolute Gasteiger partial charge is 0.262 e. The maximum Gasteiger partial charge on any atom is 0.262 e. The molecular formula is C25H35N3O5S.